The zero-order valence-electron chi connectivity index (χ0n) is 14.2. The van der Waals surface area contributed by atoms with Crippen LogP contribution in [0.15, 0.2) is 24.3 Å². The zero-order valence-corrected chi connectivity index (χ0v) is 14.2. The number of rotatable bonds is 5. The molecule has 0 bridgehead atoms. The molecule has 1 N–H and O–H groups in total. The molecule has 3 aliphatic rings. The molecule has 3 fully saturated rings. The van der Waals surface area contributed by atoms with Crippen LogP contribution < -0.4 is 5.32 Å². The van der Waals surface area contributed by atoms with Crippen LogP contribution >= 0.6 is 0 Å². The van der Waals surface area contributed by atoms with E-state index in [0.29, 0.717) is 0 Å². The number of piperazine rings is 1. The number of nitrogens with one attached hydrogen (secondary N) is 1. The molecule has 1 radical (unpaired) electrons. The molecule has 0 aromatic heterocycles. The molecule has 2 aliphatic heterocycles. The van der Waals surface area contributed by atoms with E-state index in [1.807, 2.05) is 0 Å². The summed E-state index contributed by atoms with van der Waals surface area (Å²) in [6.45, 7) is 10.7. The summed E-state index contributed by atoms with van der Waals surface area (Å²) >= 11 is 0. The van der Waals surface area contributed by atoms with E-state index in [-0.39, 0.29) is 0 Å². The summed E-state index contributed by atoms with van der Waals surface area (Å²) in [6, 6.07) is 9.52. The molecule has 1 aromatic rings. The molecule has 3 heteroatoms. The maximum Gasteiger partial charge on any atom is 0.0389 e. The Morgan fingerprint density at radius 1 is 1.00 bits per heavy atom. The van der Waals surface area contributed by atoms with E-state index in [9.17, 15) is 0 Å². The molecule has 125 valence electrons. The van der Waals surface area contributed by atoms with Crippen molar-refractivity contribution in [2.24, 2.45) is 5.92 Å². The van der Waals surface area contributed by atoms with Gasteiger partial charge in [0.15, 0.2) is 0 Å². The molecule has 4 rings (SSSR count). The second kappa shape index (κ2) is 7.33. The highest BCUT2D eigenvalue weighted by Crippen LogP contribution is 2.42. The Labute approximate surface area is 141 Å². The topological polar surface area (TPSA) is 18.5 Å². The van der Waals surface area contributed by atoms with Crippen LogP contribution in [0, 0.1) is 12.5 Å². The van der Waals surface area contributed by atoms with Crippen molar-refractivity contribution in [1.82, 2.24) is 15.1 Å². The van der Waals surface area contributed by atoms with Gasteiger partial charge >= 0.3 is 0 Å². The second-order valence-corrected chi connectivity index (χ2v) is 7.64. The van der Waals surface area contributed by atoms with Gasteiger partial charge in [0.1, 0.15) is 0 Å². The molecule has 2 heterocycles. The Balaban J connectivity index is 1.23. The van der Waals surface area contributed by atoms with Crippen molar-refractivity contribution in [1.29, 1.82) is 0 Å². The van der Waals surface area contributed by atoms with Gasteiger partial charge in [-0.2, -0.15) is 0 Å². The lowest BCUT2D eigenvalue weighted by atomic mass is 9.71. The highest BCUT2D eigenvalue weighted by atomic mass is 15.2. The van der Waals surface area contributed by atoms with Crippen molar-refractivity contribution in [2.45, 2.75) is 38.1 Å². The molecule has 23 heavy (non-hydrogen) atoms. The van der Waals surface area contributed by atoms with Gasteiger partial charge < -0.3 is 5.32 Å². The Bertz CT molecular complexity index is 480. The van der Waals surface area contributed by atoms with Crippen LogP contribution in [0.25, 0.3) is 0 Å². The van der Waals surface area contributed by atoms with Gasteiger partial charge in [0, 0.05) is 39.3 Å². The Kier molecular flexibility index (Phi) is 4.98. The third-order valence-electron chi connectivity index (χ3n) is 5.85. The van der Waals surface area contributed by atoms with E-state index in [1.165, 1.54) is 57.4 Å². The molecule has 0 amide bonds. The summed E-state index contributed by atoms with van der Waals surface area (Å²) < 4.78 is 0. The third kappa shape index (κ3) is 3.96. The predicted octanol–water partition coefficient (Wildman–Crippen LogP) is 2.84. The fourth-order valence-corrected chi connectivity index (χ4v) is 4.36. The van der Waals surface area contributed by atoms with Crippen LogP contribution in [0.4, 0.5) is 0 Å². The van der Waals surface area contributed by atoms with E-state index < -0.39 is 0 Å². The first-order chi connectivity index (χ1) is 11.4. The van der Waals surface area contributed by atoms with E-state index in [0.717, 1.165) is 31.5 Å². The largest absolute Gasteiger partial charge is 0.314 e. The summed E-state index contributed by atoms with van der Waals surface area (Å²) in [5, 5.41) is 3.39. The number of hydrogen-bond acceptors (Lipinski definition) is 3. The molecule has 0 unspecified atom stereocenters. The van der Waals surface area contributed by atoms with Crippen molar-refractivity contribution < 1.29 is 0 Å². The Morgan fingerprint density at radius 3 is 2.48 bits per heavy atom. The maximum absolute atomic E-state index is 3.39. The van der Waals surface area contributed by atoms with E-state index in [1.54, 1.807) is 5.56 Å². The summed E-state index contributed by atoms with van der Waals surface area (Å²) in [6.07, 6.45) is 5.52. The highest BCUT2D eigenvalue weighted by molar-refractivity contribution is 5.27. The van der Waals surface area contributed by atoms with Crippen LogP contribution in [0.1, 0.15) is 42.7 Å². The average molecular weight is 312 g/mol. The van der Waals surface area contributed by atoms with Crippen LogP contribution in [0.5, 0.6) is 0 Å². The van der Waals surface area contributed by atoms with Crippen molar-refractivity contribution >= 4 is 0 Å². The SMILES string of the molecule is [CH]1CNCCN1C[C@H]1C[C@H](c2ccc(CN3CCCC3)cc2)C1. The monoisotopic (exact) mass is 312 g/mol. The fourth-order valence-electron chi connectivity index (χ4n) is 4.36. The average Bonchev–Trinajstić information content (AvgIpc) is 3.06. The molecule has 3 nitrogen and oxygen atoms in total. The lowest BCUT2D eigenvalue weighted by molar-refractivity contribution is 0.170. The van der Waals surface area contributed by atoms with E-state index >= 15 is 0 Å². The number of nitrogens with zero attached hydrogens (tertiary/aromatic N) is 2. The maximum atomic E-state index is 3.39. The molecular weight excluding hydrogens is 282 g/mol. The van der Waals surface area contributed by atoms with Crippen LogP contribution in [-0.2, 0) is 6.54 Å². The summed E-state index contributed by atoms with van der Waals surface area (Å²) in [5.41, 5.74) is 3.05. The third-order valence-corrected chi connectivity index (χ3v) is 5.85. The van der Waals surface area contributed by atoms with Gasteiger partial charge in [-0.1, -0.05) is 24.3 Å². The first-order valence-corrected chi connectivity index (χ1v) is 9.46. The summed E-state index contributed by atoms with van der Waals surface area (Å²) in [4.78, 5) is 5.11. The fraction of sp³-hybridized carbons (Fsp3) is 0.650. The number of benzene rings is 1. The Morgan fingerprint density at radius 2 is 1.78 bits per heavy atom. The standard InChI is InChI=1S/C20H30N3/c1-2-10-22(9-1)15-17-3-5-19(6-4-17)20-13-18(14-20)16-23-11-7-21-8-12-23/h3-6,11,18,20-21H,1-2,7-10,12-16H2/t18-,20-. The lowest BCUT2D eigenvalue weighted by Crippen LogP contribution is -2.43. The first kappa shape index (κ1) is 15.6. The van der Waals surface area contributed by atoms with Gasteiger partial charge in [0.2, 0.25) is 0 Å². The normalized spacial score (nSPS) is 29.6. The molecule has 1 aromatic carbocycles. The summed E-state index contributed by atoms with van der Waals surface area (Å²) in [5.74, 6) is 1.71. The molecule has 2 saturated heterocycles. The van der Waals surface area contributed by atoms with E-state index in [4.69, 9.17) is 0 Å². The van der Waals surface area contributed by atoms with Crippen molar-refractivity contribution in [3.63, 3.8) is 0 Å². The van der Waals surface area contributed by atoms with Crippen molar-refractivity contribution in [2.75, 3.05) is 39.3 Å². The van der Waals surface area contributed by atoms with E-state index in [2.05, 4.69) is 45.9 Å². The highest BCUT2D eigenvalue weighted by Gasteiger charge is 2.31. The second-order valence-electron chi connectivity index (χ2n) is 7.64. The minimum Gasteiger partial charge on any atom is -0.314 e. The molecule has 0 spiro atoms. The van der Waals surface area contributed by atoms with Crippen molar-refractivity contribution in [3.05, 3.63) is 41.9 Å². The van der Waals surface area contributed by atoms with Gasteiger partial charge in [0.05, 0.1) is 0 Å². The minimum absolute atomic E-state index is 0.809. The van der Waals surface area contributed by atoms with Gasteiger partial charge in [0.25, 0.3) is 0 Å². The quantitative estimate of drug-likeness (QED) is 0.902. The van der Waals surface area contributed by atoms with Crippen molar-refractivity contribution in [3.8, 4) is 0 Å². The van der Waals surface area contributed by atoms with Crippen LogP contribution in [0.3, 0.4) is 0 Å². The smallest absolute Gasteiger partial charge is 0.0389 e. The van der Waals surface area contributed by atoms with Crippen LogP contribution in [-0.4, -0.2) is 49.1 Å². The predicted molar refractivity (Wildman–Crippen MR) is 95.2 cm³/mol. The van der Waals surface area contributed by atoms with Crippen LogP contribution in [0.2, 0.25) is 0 Å². The molecule has 1 aliphatic carbocycles. The molecule has 1 saturated carbocycles. The number of hydrogen-bond donors (Lipinski definition) is 1. The number of likely N-dealkylation sites (tertiary alicyclic amines) is 1. The zero-order chi connectivity index (χ0) is 15.5. The van der Waals surface area contributed by atoms with Gasteiger partial charge in [-0.3, -0.25) is 9.80 Å². The lowest BCUT2D eigenvalue weighted by Gasteiger charge is -2.40. The molecular formula is C20H30N3. The van der Waals surface area contributed by atoms with Gasteiger partial charge in [-0.15, -0.1) is 0 Å². The molecule has 0 atom stereocenters. The minimum atomic E-state index is 0.809. The summed E-state index contributed by atoms with van der Waals surface area (Å²) in [7, 11) is 0. The van der Waals surface area contributed by atoms with Gasteiger partial charge in [-0.05, 0) is 61.7 Å². The Hall–Kier alpha value is -0.900. The van der Waals surface area contributed by atoms with Gasteiger partial charge in [-0.25, -0.2) is 0 Å². The first-order valence-electron chi connectivity index (χ1n) is 9.46.